The van der Waals surface area contributed by atoms with E-state index in [0.29, 0.717) is 26.3 Å². The summed E-state index contributed by atoms with van der Waals surface area (Å²) in [5.74, 6) is -0.290. The first-order valence-electron chi connectivity index (χ1n) is 8.03. The molecule has 2 heterocycles. The highest BCUT2D eigenvalue weighted by molar-refractivity contribution is 8.13. The Bertz CT molecular complexity index is 1080. The summed E-state index contributed by atoms with van der Waals surface area (Å²) in [5.41, 5.74) is 1.07. The molecule has 9 heteroatoms. The van der Waals surface area contributed by atoms with Gasteiger partial charge in [0.1, 0.15) is 4.83 Å². The zero-order valence-electron chi connectivity index (χ0n) is 15.3. The van der Waals surface area contributed by atoms with Crippen LogP contribution in [0, 0.1) is 6.92 Å². The van der Waals surface area contributed by atoms with Crippen molar-refractivity contribution in [3.8, 4) is 0 Å². The molecule has 0 saturated carbocycles. The van der Waals surface area contributed by atoms with Crippen molar-refractivity contribution in [2.45, 2.75) is 11.8 Å². The Kier molecular flexibility index (Phi) is 5.33. The normalized spacial score (nSPS) is 10.8. The fourth-order valence-corrected chi connectivity index (χ4v) is 4.10. The molecule has 0 radical (unpaired) electrons. The van der Waals surface area contributed by atoms with E-state index in [1.165, 1.54) is 27.1 Å². The summed E-state index contributed by atoms with van der Waals surface area (Å²) in [7, 11) is 5.02. The Morgan fingerprint density at radius 1 is 1.22 bits per heavy atom. The third-order valence-electron chi connectivity index (χ3n) is 3.90. The highest BCUT2D eigenvalue weighted by atomic mass is 32.2. The number of aromatic nitrogens is 2. The Labute approximate surface area is 164 Å². The minimum absolute atomic E-state index is 0.0678. The average molecular weight is 403 g/mol. The van der Waals surface area contributed by atoms with Crippen LogP contribution in [0.5, 0.6) is 0 Å². The van der Waals surface area contributed by atoms with Gasteiger partial charge in [-0.25, -0.2) is 4.98 Å². The van der Waals surface area contributed by atoms with Crippen molar-refractivity contribution < 1.29 is 9.59 Å². The number of thioether (sulfide) groups is 1. The second kappa shape index (κ2) is 7.53. The van der Waals surface area contributed by atoms with Crippen LogP contribution in [0.15, 0.2) is 40.3 Å². The number of rotatable bonds is 3. The van der Waals surface area contributed by atoms with Gasteiger partial charge < -0.3 is 14.8 Å². The summed E-state index contributed by atoms with van der Waals surface area (Å²) in [6.07, 6.45) is 1.45. The van der Waals surface area contributed by atoms with Crippen molar-refractivity contribution in [2.24, 2.45) is 7.05 Å². The van der Waals surface area contributed by atoms with Gasteiger partial charge in [0.2, 0.25) is 0 Å². The van der Waals surface area contributed by atoms with E-state index in [1.807, 2.05) is 0 Å². The van der Waals surface area contributed by atoms with Gasteiger partial charge in [0.05, 0.1) is 16.6 Å². The van der Waals surface area contributed by atoms with Gasteiger partial charge in [-0.1, -0.05) is 0 Å². The first kappa shape index (κ1) is 19.1. The van der Waals surface area contributed by atoms with Crippen molar-refractivity contribution in [3.05, 3.63) is 51.4 Å². The molecule has 2 amide bonds. The third kappa shape index (κ3) is 3.88. The average Bonchev–Trinajstić information content (AvgIpc) is 2.97. The maximum Gasteiger partial charge on any atom is 0.285 e. The quantitative estimate of drug-likeness (QED) is 0.680. The van der Waals surface area contributed by atoms with Crippen LogP contribution in [-0.2, 0) is 7.05 Å². The van der Waals surface area contributed by atoms with Crippen LogP contribution in [-0.4, -0.2) is 39.7 Å². The van der Waals surface area contributed by atoms with Crippen molar-refractivity contribution in [3.63, 3.8) is 0 Å². The lowest BCUT2D eigenvalue weighted by molar-refractivity contribution is 0.103. The van der Waals surface area contributed by atoms with Crippen molar-refractivity contribution in [1.82, 2.24) is 14.5 Å². The highest BCUT2D eigenvalue weighted by Crippen LogP contribution is 2.28. The van der Waals surface area contributed by atoms with E-state index >= 15 is 0 Å². The molecule has 0 saturated heterocycles. The molecule has 27 heavy (non-hydrogen) atoms. The summed E-state index contributed by atoms with van der Waals surface area (Å²) < 4.78 is 1.40. The van der Waals surface area contributed by atoms with Crippen LogP contribution < -0.4 is 10.9 Å². The molecule has 140 valence electrons. The number of carbonyl (C=O) groups is 2. The Morgan fingerprint density at radius 2 is 1.89 bits per heavy atom. The summed E-state index contributed by atoms with van der Waals surface area (Å²) >= 11 is 2.31. The van der Waals surface area contributed by atoms with Gasteiger partial charge in [-0.05, 0) is 48.5 Å². The fourth-order valence-electron chi connectivity index (χ4n) is 2.41. The van der Waals surface area contributed by atoms with Crippen LogP contribution in [0.4, 0.5) is 10.5 Å². The number of carbonyl (C=O) groups excluding carboxylic acids is 2. The zero-order chi connectivity index (χ0) is 19.7. The molecule has 7 nitrogen and oxygen atoms in total. The van der Waals surface area contributed by atoms with Gasteiger partial charge in [0, 0.05) is 31.7 Å². The maximum absolute atomic E-state index is 12.6. The van der Waals surface area contributed by atoms with Gasteiger partial charge in [0.25, 0.3) is 16.7 Å². The van der Waals surface area contributed by atoms with E-state index in [0.717, 1.165) is 16.7 Å². The number of fused-ring (bicyclic) bond motifs is 1. The van der Waals surface area contributed by atoms with Crippen molar-refractivity contribution in [2.75, 3.05) is 19.4 Å². The van der Waals surface area contributed by atoms with Crippen LogP contribution in [0.1, 0.15) is 15.2 Å². The number of anilines is 1. The predicted molar refractivity (Wildman–Crippen MR) is 109 cm³/mol. The van der Waals surface area contributed by atoms with E-state index in [2.05, 4.69) is 10.3 Å². The molecule has 3 rings (SSSR count). The van der Waals surface area contributed by atoms with Crippen LogP contribution in [0.25, 0.3) is 10.2 Å². The number of nitrogens with zero attached hydrogens (tertiary/aromatic N) is 3. The molecule has 1 aromatic carbocycles. The highest BCUT2D eigenvalue weighted by Gasteiger charge is 2.19. The van der Waals surface area contributed by atoms with E-state index in [9.17, 15) is 14.4 Å². The first-order valence-corrected chi connectivity index (χ1v) is 9.66. The molecule has 0 aliphatic heterocycles. The monoisotopic (exact) mass is 402 g/mol. The fraction of sp³-hybridized carbons (Fsp3) is 0.222. The van der Waals surface area contributed by atoms with Crippen LogP contribution in [0.2, 0.25) is 0 Å². The van der Waals surface area contributed by atoms with E-state index in [-0.39, 0.29) is 16.7 Å². The first-order chi connectivity index (χ1) is 12.8. The molecule has 0 fully saturated rings. The Hall–Kier alpha value is -2.65. The second-order valence-corrected chi connectivity index (χ2v) is 8.16. The van der Waals surface area contributed by atoms with Crippen molar-refractivity contribution in [1.29, 1.82) is 0 Å². The summed E-state index contributed by atoms with van der Waals surface area (Å²) in [6.45, 7) is 1.75. The maximum atomic E-state index is 12.6. The summed E-state index contributed by atoms with van der Waals surface area (Å²) in [6, 6.07) is 7.03. The second-order valence-electron chi connectivity index (χ2n) is 6.14. The van der Waals surface area contributed by atoms with Gasteiger partial charge in [-0.2, -0.15) is 0 Å². The van der Waals surface area contributed by atoms with Gasteiger partial charge in [-0.15, -0.1) is 11.3 Å². The minimum atomic E-state index is -0.290. The number of amides is 2. The topological polar surface area (TPSA) is 84.3 Å². The smallest absolute Gasteiger partial charge is 0.285 e. The Balaban J connectivity index is 1.81. The lowest BCUT2D eigenvalue weighted by Gasteiger charge is -2.09. The van der Waals surface area contributed by atoms with Gasteiger partial charge in [0.15, 0.2) is 0 Å². The number of hydrogen-bond donors (Lipinski definition) is 1. The molecule has 0 unspecified atom stereocenters. The number of hydrogen-bond acceptors (Lipinski definition) is 6. The SMILES string of the molecule is Cc1c(C(=O)Nc2ccc(SC(=O)N(C)C)cc2)sc2ncn(C)c(=O)c12. The molecular formula is C18H18N4O3S2. The minimum Gasteiger partial charge on any atom is -0.339 e. The largest absolute Gasteiger partial charge is 0.339 e. The van der Waals surface area contributed by atoms with E-state index in [4.69, 9.17) is 0 Å². The molecule has 3 aromatic rings. The molecule has 0 spiro atoms. The predicted octanol–water partition coefficient (Wildman–Crippen LogP) is 3.33. The number of thiophene rings is 1. The molecule has 0 bridgehead atoms. The number of nitrogens with one attached hydrogen (secondary N) is 1. The lowest BCUT2D eigenvalue weighted by atomic mass is 10.2. The zero-order valence-corrected chi connectivity index (χ0v) is 16.9. The van der Waals surface area contributed by atoms with E-state index in [1.54, 1.807) is 52.3 Å². The van der Waals surface area contributed by atoms with Gasteiger partial charge >= 0.3 is 0 Å². The molecule has 0 atom stereocenters. The molecule has 0 aliphatic rings. The van der Waals surface area contributed by atoms with Gasteiger partial charge in [-0.3, -0.25) is 14.4 Å². The standard InChI is InChI=1S/C18H18N4O3S2/c1-10-13-16(19-9-22(4)17(13)24)27-14(10)15(23)20-11-5-7-12(8-6-11)26-18(25)21(2)3/h5-9H,1-4H3,(H,20,23). The summed E-state index contributed by atoms with van der Waals surface area (Å²) in [5, 5.41) is 3.24. The Morgan fingerprint density at radius 3 is 2.52 bits per heavy atom. The molecule has 0 aliphatic carbocycles. The van der Waals surface area contributed by atoms with Crippen molar-refractivity contribution >= 4 is 50.1 Å². The molecule has 2 aromatic heterocycles. The third-order valence-corrected chi connectivity index (χ3v) is 6.15. The van der Waals surface area contributed by atoms with Crippen LogP contribution >= 0.6 is 23.1 Å². The van der Waals surface area contributed by atoms with Crippen LogP contribution in [0.3, 0.4) is 0 Å². The molecule has 1 N–H and O–H groups in total. The molecular weight excluding hydrogens is 384 g/mol. The number of aryl methyl sites for hydroxylation is 2. The lowest BCUT2D eigenvalue weighted by Crippen LogP contribution is -2.17. The van der Waals surface area contributed by atoms with E-state index < -0.39 is 0 Å². The summed E-state index contributed by atoms with van der Waals surface area (Å²) in [4.78, 5) is 44.2. The number of benzene rings is 1.